The largest absolute Gasteiger partial charge is 0.343 e. The van der Waals surface area contributed by atoms with Crippen molar-refractivity contribution in [2.24, 2.45) is 5.92 Å². The van der Waals surface area contributed by atoms with Crippen molar-refractivity contribution < 1.29 is 14.4 Å². The van der Waals surface area contributed by atoms with Crippen molar-refractivity contribution in [3.05, 3.63) is 144 Å². The molecule has 3 N–H and O–H groups in total. The molecule has 8 nitrogen and oxygen atoms in total. The fraction of sp³-hybridized carbons (Fsp3) is 0.372. The van der Waals surface area contributed by atoms with E-state index >= 15 is 0 Å². The van der Waals surface area contributed by atoms with Gasteiger partial charge < -0.3 is 25.8 Å². The molecule has 8 heteroatoms. The third-order valence-corrected chi connectivity index (χ3v) is 10.6. The summed E-state index contributed by atoms with van der Waals surface area (Å²) in [5, 5.41) is 9.72. The van der Waals surface area contributed by atoms with Gasteiger partial charge in [0.05, 0.1) is 12.1 Å². The molecule has 5 atom stereocenters. The molecule has 4 aromatic rings. The number of carbonyl (C=O) groups is 3. The molecule has 0 radical (unpaired) electrons. The molecule has 2 heterocycles. The number of fused-ring (bicyclic) bond motifs is 1. The zero-order valence-electron chi connectivity index (χ0n) is 29.8. The minimum Gasteiger partial charge on any atom is -0.343 e. The zero-order valence-corrected chi connectivity index (χ0v) is 29.8. The Balaban J connectivity index is 1.23. The lowest BCUT2D eigenvalue weighted by atomic mass is 9.89. The van der Waals surface area contributed by atoms with Gasteiger partial charge in [-0.15, -0.1) is 0 Å². The van der Waals surface area contributed by atoms with Gasteiger partial charge in [0, 0.05) is 12.6 Å². The van der Waals surface area contributed by atoms with Gasteiger partial charge in [0.2, 0.25) is 17.7 Å². The van der Waals surface area contributed by atoms with Crippen LogP contribution in [0.3, 0.4) is 0 Å². The molecule has 0 bridgehead atoms. The van der Waals surface area contributed by atoms with Crippen LogP contribution in [0, 0.1) is 5.92 Å². The fourth-order valence-electron chi connectivity index (χ4n) is 7.86. The molecule has 2 aliphatic heterocycles. The second-order valence-electron chi connectivity index (χ2n) is 14.1. The summed E-state index contributed by atoms with van der Waals surface area (Å²) in [5.41, 5.74) is 4.24. The summed E-state index contributed by atoms with van der Waals surface area (Å²) in [6.07, 6.45) is 4.22. The van der Waals surface area contributed by atoms with E-state index in [1.54, 1.807) is 7.05 Å². The second kappa shape index (κ2) is 17.4. The van der Waals surface area contributed by atoms with Gasteiger partial charge in [-0.2, -0.15) is 0 Å². The Bertz CT molecular complexity index is 1670. The second-order valence-corrected chi connectivity index (χ2v) is 14.1. The number of amides is 3. The van der Waals surface area contributed by atoms with Crippen molar-refractivity contribution >= 4 is 17.7 Å². The highest BCUT2D eigenvalue weighted by Crippen LogP contribution is 2.36. The maximum Gasteiger partial charge on any atom is 0.246 e. The molecule has 4 aromatic carbocycles. The van der Waals surface area contributed by atoms with Crippen LogP contribution >= 0.6 is 0 Å². The molecule has 2 fully saturated rings. The van der Waals surface area contributed by atoms with Gasteiger partial charge in [0.25, 0.3) is 0 Å². The highest BCUT2D eigenvalue weighted by atomic mass is 16.2. The zero-order chi connectivity index (χ0) is 35.6. The van der Waals surface area contributed by atoms with Crippen LogP contribution in [-0.4, -0.2) is 72.3 Å². The van der Waals surface area contributed by atoms with Gasteiger partial charge >= 0.3 is 0 Å². The van der Waals surface area contributed by atoms with Crippen molar-refractivity contribution in [2.75, 3.05) is 20.6 Å². The van der Waals surface area contributed by atoms with Crippen molar-refractivity contribution in [1.82, 2.24) is 25.8 Å². The van der Waals surface area contributed by atoms with Gasteiger partial charge in [-0.1, -0.05) is 121 Å². The Morgan fingerprint density at radius 2 is 1.31 bits per heavy atom. The predicted molar refractivity (Wildman–Crippen MR) is 202 cm³/mol. The molecule has 0 saturated carbocycles. The van der Waals surface area contributed by atoms with Crippen molar-refractivity contribution in [2.45, 2.75) is 75.3 Å². The Morgan fingerprint density at radius 1 is 0.765 bits per heavy atom. The van der Waals surface area contributed by atoms with Gasteiger partial charge in [-0.3, -0.25) is 14.4 Å². The Morgan fingerprint density at radius 3 is 1.90 bits per heavy atom. The number of carbonyl (C=O) groups excluding carboxylic acids is 3. The smallest absolute Gasteiger partial charge is 0.246 e. The standard InChI is InChI=1S/C43H51N5O3/c1-44-37(29-31-15-7-3-8-16-31)41(49)46-40-35(27-28-47(2)30-32-17-9-4-10-18-32)23-24-36-25-26-38(48(36)43(40)51)42(50)45-39(33-19-11-5-12-20-33)34-21-13-6-14-22-34/h3-22,35-40,44H,23-30H2,1-2H3,(H,45,50)(H,46,49)/t35-,36+,37-,38+,40+/m1/s1. The molecule has 2 saturated heterocycles. The number of benzene rings is 4. The summed E-state index contributed by atoms with van der Waals surface area (Å²) >= 11 is 0. The minimum absolute atomic E-state index is 0.0454. The van der Waals surface area contributed by atoms with Crippen molar-refractivity contribution in [3.8, 4) is 0 Å². The molecular weight excluding hydrogens is 635 g/mol. The first-order valence-corrected chi connectivity index (χ1v) is 18.4. The summed E-state index contributed by atoms with van der Waals surface area (Å²) < 4.78 is 0. The van der Waals surface area contributed by atoms with Gasteiger partial charge in [0.1, 0.15) is 12.1 Å². The number of nitrogens with zero attached hydrogens (tertiary/aromatic N) is 2. The molecule has 2 aliphatic rings. The Labute approximate surface area is 302 Å². The predicted octanol–water partition coefficient (Wildman–Crippen LogP) is 5.50. The maximum absolute atomic E-state index is 14.8. The molecule has 0 aromatic heterocycles. The summed E-state index contributed by atoms with van der Waals surface area (Å²) in [7, 11) is 3.88. The number of nitrogens with one attached hydrogen (secondary N) is 3. The van der Waals surface area contributed by atoms with E-state index in [-0.39, 0.29) is 35.7 Å². The van der Waals surface area contributed by atoms with E-state index in [4.69, 9.17) is 0 Å². The molecule has 0 aliphatic carbocycles. The van der Waals surface area contributed by atoms with E-state index in [1.165, 1.54) is 5.56 Å². The van der Waals surface area contributed by atoms with Crippen LogP contribution < -0.4 is 16.0 Å². The fourth-order valence-corrected chi connectivity index (χ4v) is 7.86. The quantitative estimate of drug-likeness (QED) is 0.163. The summed E-state index contributed by atoms with van der Waals surface area (Å²) in [6.45, 7) is 1.58. The Kier molecular flexibility index (Phi) is 12.3. The number of likely N-dealkylation sites (N-methyl/N-ethyl adjacent to an activating group) is 1. The number of hydrogen-bond donors (Lipinski definition) is 3. The highest BCUT2D eigenvalue weighted by molar-refractivity contribution is 5.94. The lowest BCUT2D eigenvalue weighted by molar-refractivity contribution is -0.144. The van der Waals surface area contributed by atoms with Crippen molar-refractivity contribution in [3.63, 3.8) is 0 Å². The van der Waals surface area contributed by atoms with Crippen LogP contribution in [-0.2, 0) is 27.3 Å². The monoisotopic (exact) mass is 685 g/mol. The maximum atomic E-state index is 14.8. The Hall–Kier alpha value is -4.79. The molecule has 6 rings (SSSR count). The van der Waals surface area contributed by atoms with E-state index in [0.29, 0.717) is 12.8 Å². The summed E-state index contributed by atoms with van der Waals surface area (Å²) in [4.78, 5) is 47.1. The lowest BCUT2D eigenvalue weighted by Crippen LogP contribution is -2.58. The van der Waals surface area contributed by atoms with E-state index in [2.05, 4.69) is 40.0 Å². The molecule has 51 heavy (non-hydrogen) atoms. The van der Waals surface area contributed by atoms with Crippen molar-refractivity contribution in [1.29, 1.82) is 0 Å². The topological polar surface area (TPSA) is 93.8 Å². The van der Waals surface area contributed by atoms with Crippen LogP contribution in [0.4, 0.5) is 0 Å². The third kappa shape index (κ3) is 9.12. The van der Waals surface area contributed by atoms with Crippen LogP contribution in [0.5, 0.6) is 0 Å². The molecule has 0 spiro atoms. The van der Waals surface area contributed by atoms with E-state index < -0.39 is 18.1 Å². The van der Waals surface area contributed by atoms with E-state index in [9.17, 15) is 14.4 Å². The summed E-state index contributed by atoms with van der Waals surface area (Å²) in [5.74, 6) is -0.574. The van der Waals surface area contributed by atoms with E-state index in [1.807, 2.05) is 114 Å². The molecule has 266 valence electrons. The average molecular weight is 686 g/mol. The van der Waals surface area contributed by atoms with Crippen LogP contribution in [0.25, 0.3) is 0 Å². The molecule has 3 amide bonds. The van der Waals surface area contributed by atoms with Crippen LogP contribution in [0.1, 0.15) is 60.4 Å². The highest BCUT2D eigenvalue weighted by Gasteiger charge is 2.48. The first-order chi connectivity index (χ1) is 24.9. The third-order valence-electron chi connectivity index (χ3n) is 10.6. The first-order valence-electron chi connectivity index (χ1n) is 18.4. The lowest BCUT2D eigenvalue weighted by Gasteiger charge is -2.34. The van der Waals surface area contributed by atoms with Crippen LogP contribution in [0.15, 0.2) is 121 Å². The van der Waals surface area contributed by atoms with Gasteiger partial charge in [-0.25, -0.2) is 0 Å². The SMILES string of the molecule is CN[C@H](Cc1ccccc1)C(=O)N[C@@H]1C(=O)N2[C@@H](CC[C@@H]1CCN(C)Cc1ccccc1)CC[C@H]2C(=O)NC(c1ccccc1)c1ccccc1. The summed E-state index contributed by atoms with van der Waals surface area (Å²) in [6, 6.07) is 38.0. The number of rotatable bonds is 14. The van der Waals surface area contributed by atoms with Gasteiger partial charge in [-0.05, 0) is 87.3 Å². The minimum atomic E-state index is -0.730. The van der Waals surface area contributed by atoms with Gasteiger partial charge in [0.15, 0.2) is 0 Å². The van der Waals surface area contributed by atoms with E-state index in [0.717, 1.165) is 55.5 Å². The number of hydrogen-bond acceptors (Lipinski definition) is 5. The molecule has 0 unspecified atom stereocenters. The molecular formula is C43H51N5O3. The normalized spacial score (nSPS) is 20.9. The van der Waals surface area contributed by atoms with Crippen LogP contribution in [0.2, 0.25) is 0 Å². The average Bonchev–Trinajstić information content (AvgIpc) is 3.55. The first kappa shape index (κ1) is 36.0.